The number of aromatic hydroxyl groups is 1. The SMILES string of the molecule is Cc1cc(C)c2ccc(C3=C(O)c4ccccc4C3=O)nc2c1O. The van der Waals surface area contributed by atoms with Crippen LogP contribution in [0.2, 0.25) is 0 Å². The first kappa shape index (κ1) is 14.5. The van der Waals surface area contributed by atoms with E-state index in [0.29, 0.717) is 22.3 Å². The van der Waals surface area contributed by atoms with Gasteiger partial charge in [-0.3, -0.25) is 4.79 Å². The van der Waals surface area contributed by atoms with Gasteiger partial charge in [0.25, 0.3) is 0 Å². The Labute approximate surface area is 138 Å². The van der Waals surface area contributed by atoms with Crippen LogP contribution in [0.25, 0.3) is 22.2 Å². The van der Waals surface area contributed by atoms with Crippen LogP contribution >= 0.6 is 0 Å². The number of hydrogen-bond acceptors (Lipinski definition) is 4. The van der Waals surface area contributed by atoms with Crippen LogP contribution in [0.3, 0.4) is 0 Å². The summed E-state index contributed by atoms with van der Waals surface area (Å²) in [6.45, 7) is 3.76. The number of aliphatic hydroxyl groups excluding tert-OH is 1. The zero-order chi connectivity index (χ0) is 17.0. The van der Waals surface area contributed by atoms with Crippen LogP contribution in [0, 0.1) is 13.8 Å². The van der Waals surface area contributed by atoms with Crippen molar-refractivity contribution < 1.29 is 15.0 Å². The first-order chi connectivity index (χ1) is 11.5. The maximum atomic E-state index is 12.6. The average Bonchev–Trinajstić information content (AvgIpc) is 2.84. The second kappa shape index (κ2) is 4.93. The summed E-state index contributed by atoms with van der Waals surface area (Å²) in [4.78, 5) is 17.1. The van der Waals surface area contributed by atoms with E-state index in [1.165, 1.54) is 0 Å². The number of rotatable bonds is 1. The Morgan fingerprint density at radius 3 is 2.33 bits per heavy atom. The van der Waals surface area contributed by atoms with Gasteiger partial charge in [-0.15, -0.1) is 0 Å². The lowest BCUT2D eigenvalue weighted by Gasteiger charge is -2.09. The third kappa shape index (κ3) is 1.86. The van der Waals surface area contributed by atoms with Crippen molar-refractivity contribution in [2.45, 2.75) is 13.8 Å². The highest BCUT2D eigenvalue weighted by atomic mass is 16.3. The molecular weight excluding hydrogens is 302 g/mol. The summed E-state index contributed by atoms with van der Waals surface area (Å²) in [6, 6.07) is 12.4. The van der Waals surface area contributed by atoms with E-state index in [9.17, 15) is 15.0 Å². The van der Waals surface area contributed by atoms with E-state index in [1.54, 1.807) is 30.3 Å². The van der Waals surface area contributed by atoms with Gasteiger partial charge in [-0.1, -0.05) is 36.4 Å². The summed E-state index contributed by atoms with van der Waals surface area (Å²) in [5.41, 5.74) is 3.69. The zero-order valence-corrected chi connectivity index (χ0v) is 13.3. The number of phenolic OH excluding ortho intramolecular Hbond substituents is 1. The first-order valence-corrected chi connectivity index (χ1v) is 7.66. The van der Waals surface area contributed by atoms with Crippen molar-refractivity contribution in [3.05, 3.63) is 70.4 Å². The molecule has 1 aliphatic carbocycles. The van der Waals surface area contributed by atoms with Gasteiger partial charge in [-0.2, -0.15) is 0 Å². The lowest BCUT2D eigenvalue weighted by atomic mass is 10.0. The van der Waals surface area contributed by atoms with Gasteiger partial charge in [0.15, 0.2) is 5.78 Å². The largest absolute Gasteiger partial charge is 0.506 e. The van der Waals surface area contributed by atoms with Crippen LogP contribution in [-0.4, -0.2) is 21.0 Å². The Bertz CT molecular complexity index is 1060. The third-order valence-electron chi connectivity index (χ3n) is 4.50. The van der Waals surface area contributed by atoms with Gasteiger partial charge in [0.1, 0.15) is 17.0 Å². The monoisotopic (exact) mass is 317 g/mol. The quantitative estimate of drug-likeness (QED) is 0.706. The average molecular weight is 317 g/mol. The molecule has 0 amide bonds. The van der Waals surface area contributed by atoms with Crippen LogP contribution in [-0.2, 0) is 0 Å². The molecule has 0 saturated carbocycles. The highest BCUT2D eigenvalue weighted by Gasteiger charge is 2.31. The normalized spacial score (nSPS) is 13.7. The number of nitrogens with zero attached hydrogens (tertiary/aromatic N) is 1. The number of aromatic nitrogens is 1. The molecule has 0 radical (unpaired) electrons. The predicted molar refractivity (Wildman–Crippen MR) is 93.1 cm³/mol. The molecule has 2 aromatic carbocycles. The second-order valence-corrected chi connectivity index (χ2v) is 6.05. The molecule has 1 aliphatic rings. The Morgan fingerprint density at radius 2 is 1.62 bits per heavy atom. The number of fused-ring (bicyclic) bond motifs is 2. The molecule has 0 bridgehead atoms. The smallest absolute Gasteiger partial charge is 0.199 e. The minimum absolute atomic E-state index is 0.0636. The number of Topliss-reactive ketones (excluding diaryl/α,β-unsaturated/α-hetero) is 1. The van der Waals surface area contributed by atoms with Crippen molar-refractivity contribution >= 4 is 28.0 Å². The van der Waals surface area contributed by atoms with Gasteiger partial charge >= 0.3 is 0 Å². The van der Waals surface area contributed by atoms with Crippen LogP contribution in [0.5, 0.6) is 5.75 Å². The maximum absolute atomic E-state index is 12.6. The minimum atomic E-state index is -0.251. The van der Waals surface area contributed by atoms with E-state index in [1.807, 2.05) is 26.0 Å². The van der Waals surface area contributed by atoms with Crippen molar-refractivity contribution in [3.8, 4) is 5.75 Å². The fourth-order valence-electron chi connectivity index (χ4n) is 3.26. The molecule has 0 unspecified atom stereocenters. The summed E-state index contributed by atoms with van der Waals surface area (Å²) >= 11 is 0. The summed E-state index contributed by atoms with van der Waals surface area (Å²) in [7, 11) is 0. The molecule has 118 valence electrons. The Kier molecular flexibility index (Phi) is 2.97. The van der Waals surface area contributed by atoms with Crippen LogP contribution in [0.4, 0.5) is 0 Å². The summed E-state index contributed by atoms with van der Waals surface area (Å²) in [5, 5.41) is 21.6. The number of aryl methyl sites for hydroxylation is 2. The number of allylic oxidation sites excluding steroid dienone is 1. The van der Waals surface area contributed by atoms with Crippen LogP contribution in [0.15, 0.2) is 42.5 Å². The fourth-order valence-corrected chi connectivity index (χ4v) is 3.26. The zero-order valence-electron chi connectivity index (χ0n) is 13.3. The summed E-state index contributed by atoms with van der Waals surface area (Å²) in [6.07, 6.45) is 0. The number of carbonyl (C=O) groups excluding carboxylic acids is 1. The van der Waals surface area contributed by atoms with Gasteiger partial charge < -0.3 is 10.2 Å². The molecule has 1 heterocycles. The number of ketones is 1. The number of pyridine rings is 1. The van der Waals surface area contributed by atoms with Crippen LogP contribution in [0.1, 0.15) is 32.7 Å². The molecule has 1 aromatic heterocycles. The van der Waals surface area contributed by atoms with Gasteiger partial charge in [-0.25, -0.2) is 4.98 Å². The molecular formula is C20H15NO3. The van der Waals surface area contributed by atoms with Crippen molar-refractivity contribution in [2.24, 2.45) is 0 Å². The molecule has 4 heteroatoms. The molecule has 0 spiro atoms. The fraction of sp³-hybridized carbons (Fsp3) is 0.100. The minimum Gasteiger partial charge on any atom is -0.506 e. The van der Waals surface area contributed by atoms with Crippen molar-refractivity contribution in [3.63, 3.8) is 0 Å². The highest BCUT2D eigenvalue weighted by molar-refractivity contribution is 6.38. The molecule has 24 heavy (non-hydrogen) atoms. The number of phenols is 1. The number of benzene rings is 2. The molecule has 0 atom stereocenters. The van der Waals surface area contributed by atoms with Crippen LogP contribution < -0.4 is 0 Å². The number of aliphatic hydroxyl groups is 1. The van der Waals surface area contributed by atoms with E-state index >= 15 is 0 Å². The van der Waals surface area contributed by atoms with E-state index in [4.69, 9.17) is 0 Å². The Morgan fingerprint density at radius 1 is 0.917 bits per heavy atom. The molecule has 2 N–H and O–H groups in total. The van der Waals surface area contributed by atoms with Gasteiger partial charge in [0.2, 0.25) is 0 Å². The molecule has 3 aromatic rings. The molecule has 0 fully saturated rings. The van der Waals surface area contributed by atoms with E-state index < -0.39 is 0 Å². The van der Waals surface area contributed by atoms with Gasteiger partial charge in [0, 0.05) is 16.5 Å². The first-order valence-electron chi connectivity index (χ1n) is 7.66. The van der Waals surface area contributed by atoms with Crippen molar-refractivity contribution in [2.75, 3.05) is 0 Å². The molecule has 0 saturated heterocycles. The summed E-state index contributed by atoms with van der Waals surface area (Å²) < 4.78 is 0. The molecule has 0 aliphatic heterocycles. The Balaban J connectivity index is 1.97. The van der Waals surface area contributed by atoms with E-state index in [-0.39, 0.29) is 22.9 Å². The predicted octanol–water partition coefficient (Wildman–Crippen LogP) is 4.18. The lowest BCUT2D eigenvalue weighted by Crippen LogP contribution is -2.01. The lowest BCUT2D eigenvalue weighted by molar-refractivity contribution is 0.105. The third-order valence-corrected chi connectivity index (χ3v) is 4.50. The van der Waals surface area contributed by atoms with Crippen molar-refractivity contribution in [1.82, 2.24) is 4.98 Å². The Hall–Kier alpha value is -3.14. The number of hydrogen-bond donors (Lipinski definition) is 2. The molecule has 4 rings (SSSR count). The maximum Gasteiger partial charge on any atom is 0.199 e. The number of carbonyl (C=O) groups is 1. The topological polar surface area (TPSA) is 70.4 Å². The van der Waals surface area contributed by atoms with Crippen molar-refractivity contribution in [1.29, 1.82) is 0 Å². The van der Waals surface area contributed by atoms with E-state index in [0.717, 1.165) is 16.5 Å². The highest BCUT2D eigenvalue weighted by Crippen LogP contribution is 2.37. The van der Waals surface area contributed by atoms with Gasteiger partial charge in [0.05, 0.1) is 11.3 Å². The van der Waals surface area contributed by atoms with E-state index in [2.05, 4.69) is 4.98 Å². The molecule has 4 nitrogen and oxygen atoms in total. The van der Waals surface area contributed by atoms with Gasteiger partial charge in [-0.05, 0) is 31.0 Å². The second-order valence-electron chi connectivity index (χ2n) is 6.05. The summed E-state index contributed by atoms with van der Waals surface area (Å²) in [5.74, 6) is -0.217. The standard InChI is InChI=1S/C20H15NO3/c1-10-9-11(2)18(22)17-12(10)7-8-15(21-17)16-19(23)13-5-3-4-6-14(13)20(16)24/h3-9,22-23H,1-2H3.